The Morgan fingerprint density at radius 1 is 1.04 bits per heavy atom. The Labute approximate surface area is 147 Å². The third-order valence-electron chi connectivity index (χ3n) is 4.43. The van der Waals surface area contributed by atoms with Crippen molar-refractivity contribution in [2.45, 2.75) is 45.3 Å². The standard InChI is InChI=1S/C19H30O4Si/c1-9-15-13-16(20-5)18(17(14-15)21-6)22-11-10-12-23-24(7,8)19(2,3)4/h1,13-14H,10-12H2,2-8H3. The van der Waals surface area contributed by atoms with Crippen LogP contribution >= 0.6 is 0 Å². The first kappa shape index (κ1) is 20.4. The molecule has 0 heterocycles. The minimum Gasteiger partial charge on any atom is -0.493 e. The Morgan fingerprint density at radius 2 is 1.58 bits per heavy atom. The van der Waals surface area contributed by atoms with Gasteiger partial charge in [0.15, 0.2) is 19.8 Å². The molecule has 1 rings (SSSR count). The molecule has 0 saturated carbocycles. The van der Waals surface area contributed by atoms with Gasteiger partial charge in [-0.2, -0.15) is 0 Å². The molecule has 1 aromatic rings. The fraction of sp³-hybridized carbons (Fsp3) is 0.579. The molecular weight excluding hydrogens is 320 g/mol. The average Bonchev–Trinajstić information content (AvgIpc) is 2.52. The second-order valence-electron chi connectivity index (χ2n) is 7.17. The first-order valence-corrected chi connectivity index (χ1v) is 11.1. The van der Waals surface area contributed by atoms with Crippen molar-refractivity contribution in [1.82, 2.24) is 0 Å². The Balaban J connectivity index is 2.64. The zero-order valence-corrected chi connectivity index (χ0v) is 17.0. The first-order valence-electron chi connectivity index (χ1n) is 8.15. The molecule has 1 aromatic carbocycles. The normalized spacial score (nSPS) is 11.8. The Morgan fingerprint density at radius 3 is 2.00 bits per heavy atom. The summed E-state index contributed by atoms with van der Waals surface area (Å²) in [5.41, 5.74) is 0.692. The number of terminal acetylenes is 1. The topological polar surface area (TPSA) is 36.9 Å². The van der Waals surface area contributed by atoms with Gasteiger partial charge in [0.25, 0.3) is 0 Å². The molecule has 0 saturated heterocycles. The average molecular weight is 351 g/mol. The first-order chi connectivity index (χ1) is 11.2. The summed E-state index contributed by atoms with van der Waals surface area (Å²) in [4.78, 5) is 0. The van der Waals surface area contributed by atoms with Crippen molar-refractivity contribution < 1.29 is 18.6 Å². The third kappa shape index (κ3) is 5.18. The van der Waals surface area contributed by atoms with E-state index in [1.54, 1.807) is 26.4 Å². The highest BCUT2D eigenvalue weighted by atomic mass is 28.4. The van der Waals surface area contributed by atoms with Crippen molar-refractivity contribution in [3.8, 4) is 29.6 Å². The molecule has 5 heteroatoms. The van der Waals surface area contributed by atoms with Crippen LogP contribution in [0.3, 0.4) is 0 Å². The lowest BCUT2D eigenvalue weighted by Gasteiger charge is -2.36. The fourth-order valence-electron chi connectivity index (χ4n) is 1.88. The van der Waals surface area contributed by atoms with Crippen molar-refractivity contribution >= 4 is 8.32 Å². The van der Waals surface area contributed by atoms with E-state index in [-0.39, 0.29) is 5.04 Å². The van der Waals surface area contributed by atoms with Crippen LogP contribution in [0.4, 0.5) is 0 Å². The number of benzene rings is 1. The predicted molar refractivity (Wildman–Crippen MR) is 101 cm³/mol. The zero-order valence-electron chi connectivity index (χ0n) is 16.0. The van der Waals surface area contributed by atoms with E-state index in [1.807, 2.05) is 0 Å². The molecule has 0 aromatic heterocycles. The molecule has 0 aliphatic carbocycles. The van der Waals surface area contributed by atoms with Crippen LogP contribution in [0.1, 0.15) is 32.8 Å². The summed E-state index contributed by atoms with van der Waals surface area (Å²) in [6, 6.07) is 3.54. The molecule has 0 atom stereocenters. The highest BCUT2D eigenvalue weighted by molar-refractivity contribution is 6.74. The molecule has 0 amide bonds. The SMILES string of the molecule is C#Cc1cc(OC)c(OCCCO[Si](C)(C)C(C)(C)C)c(OC)c1. The largest absolute Gasteiger partial charge is 0.493 e. The summed E-state index contributed by atoms with van der Waals surface area (Å²) in [7, 11) is 1.46. The van der Waals surface area contributed by atoms with Crippen molar-refractivity contribution in [3.05, 3.63) is 17.7 Å². The fourth-order valence-corrected chi connectivity index (χ4v) is 2.97. The maximum atomic E-state index is 6.15. The molecule has 134 valence electrons. The number of hydrogen-bond donors (Lipinski definition) is 0. The molecule has 0 N–H and O–H groups in total. The van der Waals surface area contributed by atoms with Crippen LogP contribution in [-0.2, 0) is 4.43 Å². The maximum absolute atomic E-state index is 6.15. The number of hydrogen-bond acceptors (Lipinski definition) is 4. The van der Waals surface area contributed by atoms with E-state index < -0.39 is 8.32 Å². The molecule has 0 fully saturated rings. The third-order valence-corrected chi connectivity index (χ3v) is 8.97. The summed E-state index contributed by atoms with van der Waals surface area (Å²) in [5, 5.41) is 0.214. The van der Waals surface area contributed by atoms with Crippen LogP contribution in [0.5, 0.6) is 17.2 Å². The van der Waals surface area contributed by atoms with Gasteiger partial charge >= 0.3 is 0 Å². The van der Waals surface area contributed by atoms with E-state index in [0.717, 1.165) is 6.42 Å². The Bertz CT molecular complexity index is 557. The van der Waals surface area contributed by atoms with Crippen LogP contribution in [0.25, 0.3) is 0 Å². The molecule has 0 bridgehead atoms. The predicted octanol–water partition coefficient (Wildman–Crippen LogP) is 4.48. The van der Waals surface area contributed by atoms with Gasteiger partial charge in [0.1, 0.15) is 0 Å². The van der Waals surface area contributed by atoms with Gasteiger partial charge in [0.2, 0.25) is 5.75 Å². The minimum atomic E-state index is -1.71. The van der Waals surface area contributed by atoms with Crippen LogP contribution in [0.15, 0.2) is 12.1 Å². The molecule has 0 aliphatic rings. The quantitative estimate of drug-likeness (QED) is 0.394. The molecule has 24 heavy (non-hydrogen) atoms. The lowest BCUT2D eigenvalue weighted by atomic mass is 10.2. The monoisotopic (exact) mass is 350 g/mol. The van der Waals surface area contributed by atoms with Crippen LogP contribution < -0.4 is 14.2 Å². The number of rotatable bonds is 8. The maximum Gasteiger partial charge on any atom is 0.203 e. The molecule has 0 spiro atoms. The molecule has 0 aliphatic heterocycles. The molecule has 0 unspecified atom stereocenters. The summed E-state index contributed by atoms with van der Waals surface area (Å²) in [6.45, 7) is 12.4. The summed E-state index contributed by atoms with van der Waals surface area (Å²) in [6.07, 6.45) is 6.25. The minimum absolute atomic E-state index is 0.214. The Hall–Kier alpha value is -1.64. The van der Waals surface area contributed by atoms with Gasteiger partial charge in [0.05, 0.1) is 20.8 Å². The lowest BCUT2D eigenvalue weighted by Crippen LogP contribution is -2.41. The Kier molecular flexibility index (Phi) is 7.19. The molecular formula is C19H30O4Si. The van der Waals surface area contributed by atoms with Gasteiger partial charge in [-0.1, -0.05) is 26.7 Å². The van der Waals surface area contributed by atoms with Crippen LogP contribution in [-0.4, -0.2) is 35.8 Å². The van der Waals surface area contributed by atoms with Crippen molar-refractivity contribution in [2.24, 2.45) is 0 Å². The second-order valence-corrected chi connectivity index (χ2v) is 12.0. The van der Waals surface area contributed by atoms with Crippen molar-refractivity contribution in [2.75, 3.05) is 27.4 Å². The highest BCUT2D eigenvalue weighted by Gasteiger charge is 2.36. The van der Waals surface area contributed by atoms with E-state index in [1.165, 1.54) is 0 Å². The lowest BCUT2D eigenvalue weighted by molar-refractivity contribution is 0.222. The smallest absolute Gasteiger partial charge is 0.203 e. The number of ether oxygens (including phenoxy) is 3. The van der Waals surface area contributed by atoms with Crippen molar-refractivity contribution in [3.63, 3.8) is 0 Å². The van der Waals surface area contributed by atoms with Gasteiger partial charge in [-0.15, -0.1) is 6.42 Å². The summed E-state index contributed by atoms with van der Waals surface area (Å²) in [5.74, 6) is 4.31. The summed E-state index contributed by atoms with van der Waals surface area (Å²) >= 11 is 0. The van der Waals surface area contributed by atoms with Crippen LogP contribution in [0.2, 0.25) is 18.1 Å². The molecule has 4 nitrogen and oxygen atoms in total. The summed E-state index contributed by atoms with van der Waals surface area (Å²) < 4.78 is 22.7. The van der Waals surface area contributed by atoms with Gasteiger partial charge in [-0.25, -0.2) is 0 Å². The molecule has 0 radical (unpaired) electrons. The van der Waals surface area contributed by atoms with Crippen LogP contribution in [0, 0.1) is 12.3 Å². The zero-order chi connectivity index (χ0) is 18.4. The second kappa shape index (κ2) is 8.45. The van der Waals surface area contributed by atoms with Gasteiger partial charge in [-0.3, -0.25) is 0 Å². The van der Waals surface area contributed by atoms with E-state index >= 15 is 0 Å². The number of methoxy groups -OCH3 is 2. The van der Waals surface area contributed by atoms with E-state index in [0.29, 0.717) is 36.0 Å². The van der Waals surface area contributed by atoms with Gasteiger partial charge < -0.3 is 18.6 Å². The van der Waals surface area contributed by atoms with Gasteiger partial charge in [-0.05, 0) is 30.3 Å². The van der Waals surface area contributed by atoms with E-state index in [9.17, 15) is 0 Å². The van der Waals surface area contributed by atoms with Gasteiger partial charge in [0, 0.05) is 18.6 Å². The van der Waals surface area contributed by atoms with Crippen molar-refractivity contribution in [1.29, 1.82) is 0 Å². The van der Waals surface area contributed by atoms with E-state index in [2.05, 4.69) is 39.8 Å². The van der Waals surface area contributed by atoms with E-state index in [4.69, 9.17) is 25.1 Å². The highest BCUT2D eigenvalue weighted by Crippen LogP contribution is 2.39.